The standard InChI is InChI=1S/C24H29ClN2O3/c25-22-6-3-19(4-7-22)16-24(28)27-12-14-30-23-8-5-20(15-21(23)17-27)18-29-13-11-26-9-1-2-10-26/h3-8,15H,1-2,9-14,16-18H2. The second-order valence-electron chi connectivity index (χ2n) is 8.01. The number of amides is 1. The highest BCUT2D eigenvalue weighted by Crippen LogP contribution is 2.25. The number of nitrogens with zero attached hydrogens (tertiary/aromatic N) is 2. The lowest BCUT2D eigenvalue weighted by atomic mass is 10.1. The predicted octanol–water partition coefficient (Wildman–Crippen LogP) is 3.92. The Morgan fingerprint density at radius 1 is 1.03 bits per heavy atom. The predicted molar refractivity (Wildman–Crippen MR) is 118 cm³/mol. The third kappa shape index (κ3) is 5.75. The van der Waals surface area contributed by atoms with Crippen LogP contribution in [-0.2, 0) is 29.1 Å². The number of halogens is 1. The van der Waals surface area contributed by atoms with E-state index in [4.69, 9.17) is 21.1 Å². The Kier molecular flexibility index (Phi) is 7.26. The van der Waals surface area contributed by atoms with E-state index in [-0.39, 0.29) is 5.91 Å². The molecule has 0 atom stereocenters. The zero-order valence-electron chi connectivity index (χ0n) is 17.3. The molecule has 2 heterocycles. The minimum Gasteiger partial charge on any atom is -0.491 e. The quantitative estimate of drug-likeness (QED) is 0.627. The van der Waals surface area contributed by atoms with Gasteiger partial charge in [-0.1, -0.05) is 29.8 Å². The van der Waals surface area contributed by atoms with E-state index in [0.717, 1.165) is 35.6 Å². The molecule has 0 unspecified atom stereocenters. The summed E-state index contributed by atoms with van der Waals surface area (Å²) in [5.74, 6) is 0.957. The molecule has 0 aromatic heterocycles. The van der Waals surface area contributed by atoms with Crippen molar-refractivity contribution in [1.82, 2.24) is 9.80 Å². The van der Waals surface area contributed by atoms with Crippen LogP contribution in [0.4, 0.5) is 0 Å². The summed E-state index contributed by atoms with van der Waals surface area (Å²) in [4.78, 5) is 17.2. The zero-order valence-corrected chi connectivity index (χ0v) is 18.1. The van der Waals surface area contributed by atoms with Crippen molar-refractivity contribution in [2.75, 3.05) is 39.4 Å². The summed E-state index contributed by atoms with van der Waals surface area (Å²) in [6.45, 7) is 6.37. The molecule has 4 rings (SSSR count). The van der Waals surface area contributed by atoms with Crippen LogP contribution in [0.5, 0.6) is 5.75 Å². The molecular weight excluding hydrogens is 400 g/mol. The highest BCUT2D eigenvalue weighted by Gasteiger charge is 2.20. The minimum absolute atomic E-state index is 0.0982. The van der Waals surface area contributed by atoms with Crippen molar-refractivity contribution in [3.63, 3.8) is 0 Å². The topological polar surface area (TPSA) is 42.0 Å². The van der Waals surface area contributed by atoms with Gasteiger partial charge in [-0.2, -0.15) is 0 Å². The highest BCUT2D eigenvalue weighted by molar-refractivity contribution is 6.30. The summed E-state index contributed by atoms with van der Waals surface area (Å²) in [7, 11) is 0. The summed E-state index contributed by atoms with van der Waals surface area (Å²) in [6.07, 6.45) is 2.97. The molecule has 2 aliphatic rings. The summed E-state index contributed by atoms with van der Waals surface area (Å²) in [6, 6.07) is 13.6. The number of benzene rings is 2. The molecule has 2 aromatic rings. The normalized spacial score (nSPS) is 16.8. The highest BCUT2D eigenvalue weighted by atomic mass is 35.5. The number of carbonyl (C=O) groups excluding carboxylic acids is 1. The van der Waals surface area contributed by atoms with Gasteiger partial charge in [0.1, 0.15) is 12.4 Å². The Morgan fingerprint density at radius 2 is 1.80 bits per heavy atom. The van der Waals surface area contributed by atoms with Crippen LogP contribution >= 0.6 is 11.6 Å². The average molecular weight is 429 g/mol. The molecule has 1 saturated heterocycles. The summed E-state index contributed by atoms with van der Waals surface area (Å²) in [5, 5.41) is 0.679. The van der Waals surface area contributed by atoms with Crippen LogP contribution < -0.4 is 4.74 Å². The van der Waals surface area contributed by atoms with Gasteiger partial charge in [0.15, 0.2) is 0 Å². The summed E-state index contributed by atoms with van der Waals surface area (Å²) < 4.78 is 11.8. The minimum atomic E-state index is 0.0982. The zero-order chi connectivity index (χ0) is 20.8. The van der Waals surface area contributed by atoms with Crippen molar-refractivity contribution < 1.29 is 14.3 Å². The van der Waals surface area contributed by atoms with Crippen molar-refractivity contribution in [1.29, 1.82) is 0 Å². The van der Waals surface area contributed by atoms with Crippen LogP contribution in [0.25, 0.3) is 0 Å². The van der Waals surface area contributed by atoms with Crippen molar-refractivity contribution in [2.45, 2.75) is 32.4 Å². The molecule has 0 spiro atoms. The van der Waals surface area contributed by atoms with Gasteiger partial charge in [0.25, 0.3) is 0 Å². The largest absolute Gasteiger partial charge is 0.491 e. The average Bonchev–Trinajstić information content (AvgIpc) is 3.17. The molecule has 160 valence electrons. The molecule has 2 aliphatic heterocycles. The first-order valence-corrected chi connectivity index (χ1v) is 11.1. The number of fused-ring (bicyclic) bond motifs is 1. The van der Waals surface area contributed by atoms with E-state index in [1.54, 1.807) is 0 Å². The molecule has 0 N–H and O–H groups in total. The van der Waals surface area contributed by atoms with Gasteiger partial charge in [-0.3, -0.25) is 4.79 Å². The number of likely N-dealkylation sites (tertiary alicyclic amines) is 1. The number of rotatable bonds is 7. The van der Waals surface area contributed by atoms with Crippen molar-refractivity contribution in [2.24, 2.45) is 0 Å². The van der Waals surface area contributed by atoms with Crippen LogP contribution in [0.2, 0.25) is 5.02 Å². The monoisotopic (exact) mass is 428 g/mol. The molecule has 1 amide bonds. The number of hydrogen-bond donors (Lipinski definition) is 0. The lowest BCUT2D eigenvalue weighted by Crippen LogP contribution is -2.33. The van der Waals surface area contributed by atoms with E-state index in [2.05, 4.69) is 17.0 Å². The molecule has 2 aromatic carbocycles. The fraction of sp³-hybridized carbons (Fsp3) is 0.458. The lowest BCUT2D eigenvalue weighted by molar-refractivity contribution is -0.131. The van der Waals surface area contributed by atoms with Crippen LogP contribution in [0.3, 0.4) is 0 Å². The number of hydrogen-bond acceptors (Lipinski definition) is 4. The van der Waals surface area contributed by atoms with Crippen molar-refractivity contribution in [3.05, 3.63) is 64.2 Å². The fourth-order valence-corrected chi connectivity index (χ4v) is 4.15. The lowest BCUT2D eigenvalue weighted by Gasteiger charge is -2.20. The Labute approximate surface area is 183 Å². The Morgan fingerprint density at radius 3 is 2.60 bits per heavy atom. The van der Waals surface area contributed by atoms with E-state index in [1.807, 2.05) is 35.2 Å². The number of carbonyl (C=O) groups is 1. The van der Waals surface area contributed by atoms with E-state index in [9.17, 15) is 4.79 Å². The van der Waals surface area contributed by atoms with Gasteiger partial charge in [-0.25, -0.2) is 0 Å². The maximum absolute atomic E-state index is 12.8. The molecular formula is C24H29ClN2O3. The van der Waals surface area contributed by atoms with Crippen LogP contribution in [0.15, 0.2) is 42.5 Å². The summed E-state index contributed by atoms with van der Waals surface area (Å²) >= 11 is 5.94. The van der Waals surface area contributed by atoms with E-state index in [0.29, 0.717) is 37.7 Å². The SMILES string of the molecule is O=C(Cc1ccc(Cl)cc1)N1CCOc2ccc(COCCN3CCCC3)cc2C1. The third-order valence-electron chi connectivity index (χ3n) is 5.75. The van der Waals surface area contributed by atoms with Crippen molar-refractivity contribution >= 4 is 17.5 Å². The van der Waals surface area contributed by atoms with Gasteiger partial charge in [-0.15, -0.1) is 0 Å². The first kappa shape index (κ1) is 21.2. The van der Waals surface area contributed by atoms with E-state index in [1.165, 1.54) is 25.9 Å². The molecule has 30 heavy (non-hydrogen) atoms. The second-order valence-corrected chi connectivity index (χ2v) is 8.45. The fourth-order valence-electron chi connectivity index (χ4n) is 4.03. The first-order chi connectivity index (χ1) is 14.7. The smallest absolute Gasteiger partial charge is 0.227 e. The Bertz CT molecular complexity index is 850. The summed E-state index contributed by atoms with van der Waals surface area (Å²) in [5.41, 5.74) is 3.12. The van der Waals surface area contributed by atoms with Gasteiger partial charge in [-0.05, 0) is 61.3 Å². The molecule has 0 aliphatic carbocycles. The molecule has 0 bridgehead atoms. The van der Waals surface area contributed by atoms with E-state index >= 15 is 0 Å². The maximum atomic E-state index is 12.8. The molecule has 0 saturated carbocycles. The molecule has 0 radical (unpaired) electrons. The van der Waals surface area contributed by atoms with Gasteiger partial charge in [0.2, 0.25) is 5.91 Å². The van der Waals surface area contributed by atoms with Crippen molar-refractivity contribution in [3.8, 4) is 5.75 Å². The molecule has 5 nitrogen and oxygen atoms in total. The Balaban J connectivity index is 1.33. The second kappa shape index (κ2) is 10.3. The number of ether oxygens (including phenoxy) is 2. The van der Waals surface area contributed by atoms with Gasteiger partial charge >= 0.3 is 0 Å². The van der Waals surface area contributed by atoms with Gasteiger partial charge in [0.05, 0.1) is 26.2 Å². The molecule has 6 heteroatoms. The first-order valence-electron chi connectivity index (χ1n) is 10.7. The van der Waals surface area contributed by atoms with Crippen LogP contribution in [0, 0.1) is 0 Å². The molecule has 1 fully saturated rings. The van der Waals surface area contributed by atoms with E-state index < -0.39 is 0 Å². The maximum Gasteiger partial charge on any atom is 0.227 e. The van der Waals surface area contributed by atoms with Crippen LogP contribution in [0.1, 0.15) is 29.5 Å². The third-order valence-corrected chi connectivity index (χ3v) is 6.00. The van der Waals surface area contributed by atoms with Gasteiger partial charge < -0.3 is 19.3 Å². The van der Waals surface area contributed by atoms with Gasteiger partial charge in [0, 0.05) is 23.7 Å². The Hall–Kier alpha value is -2.08. The van der Waals surface area contributed by atoms with Crippen LogP contribution in [-0.4, -0.2) is 55.1 Å².